The summed E-state index contributed by atoms with van der Waals surface area (Å²) in [4.78, 5) is 0. The van der Waals surface area contributed by atoms with Gasteiger partial charge in [0.25, 0.3) is 0 Å². The first-order valence-electron chi connectivity index (χ1n) is 7.35. The van der Waals surface area contributed by atoms with Gasteiger partial charge in [-0.1, -0.05) is 13.3 Å². The summed E-state index contributed by atoms with van der Waals surface area (Å²) in [5, 5.41) is 3.83. The van der Waals surface area contributed by atoms with Gasteiger partial charge < -0.3 is 5.32 Å². The van der Waals surface area contributed by atoms with Crippen LogP contribution in [0, 0.1) is 0 Å². The zero-order chi connectivity index (χ0) is 13.9. The van der Waals surface area contributed by atoms with Gasteiger partial charge in [-0.2, -0.15) is 16.1 Å². The molecule has 0 aromatic rings. The van der Waals surface area contributed by atoms with Crippen molar-refractivity contribution in [2.45, 2.75) is 56.9 Å². The second kappa shape index (κ2) is 6.78. The van der Waals surface area contributed by atoms with Crippen LogP contribution in [0.2, 0.25) is 0 Å². The fourth-order valence-electron chi connectivity index (χ4n) is 2.88. The van der Waals surface area contributed by atoms with Gasteiger partial charge in [0.1, 0.15) is 0 Å². The minimum Gasteiger partial charge on any atom is -0.314 e. The summed E-state index contributed by atoms with van der Waals surface area (Å²) < 4.78 is 26.7. The van der Waals surface area contributed by atoms with E-state index in [1.165, 1.54) is 12.8 Å². The number of nitrogens with zero attached hydrogens (tertiary/aromatic N) is 1. The van der Waals surface area contributed by atoms with Crippen LogP contribution in [0.3, 0.4) is 0 Å². The van der Waals surface area contributed by atoms with Crippen molar-refractivity contribution in [2.24, 2.45) is 0 Å². The van der Waals surface area contributed by atoms with Gasteiger partial charge in [-0.05, 0) is 32.7 Å². The van der Waals surface area contributed by atoms with Crippen molar-refractivity contribution >= 4 is 21.8 Å². The third kappa shape index (κ3) is 4.09. The Morgan fingerprint density at radius 3 is 2.79 bits per heavy atom. The molecule has 2 rings (SSSR count). The summed E-state index contributed by atoms with van der Waals surface area (Å²) >= 11 is 1.87. The molecule has 0 saturated carbocycles. The van der Waals surface area contributed by atoms with Gasteiger partial charge in [0.15, 0.2) is 0 Å². The molecule has 0 aliphatic carbocycles. The zero-order valence-corrected chi connectivity index (χ0v) is 13.6. The van der Waals surface area contributed by atoms with Crippen LogP contribution in [0.4, 0.5) is 0 Å². The van der Waals surface area contributed by atoms with E-state index >= 15 is 0 Å². The molecule has 3 atom stereocenters. The second-order valence-electron chi connectivity index (χ2n) is 5.68. The summed E-state index contributed by atoms with van der Waals surface area (Å²) in [6.07, 6.45) is 4.33. The van der Waals surface area contributed by atoms with E-state index in [-0.39, 0.29) is 6.04 Å². The fourth-order valence-corrected chi connectivity index (χ4v) is 6.04. The molecule has 2 heterocycles. The minimum atomic E-state index is -3.08. The van der Waals surface area contributed by atoms with E-state index in [4.69, 9.17) is 0 Å². The molecular formula is C13H26N2O2S2. The molecule has 2 aliphatic rings. The Bertz CT molecular complexity index is 380. The Kier molecular flexibility index (Phi) is 5.57. The lowest BCUT2D eigenvalue weighted by Gasteiger charge is -2.36. The Morgan fingerprint density at radius 2 is 2.11 bits per heavy atom. The van der Waals surface area contributed by atoms with Gasteiger partial charge in [-0.15, -0.1) is 0 Å². The molecule has 1 N–H and O–H groups in total. The summed E-state index contributed by atoms with van der Waals surface area (Å²) in [6.45, 7) is 5.88. The molecular weight excluding hydrogens is 280 g/mol. The lowest BCUT2D eigenvalue weighted by molar-refractivity contribution is 0.336. The molecule has 2 aliphatic heterocycles. The molecule has 0 bridgehead atoms. The van der Waals surface area contributed by atoms with Crippen LogP contribution in [0.5, 0.6) is 0 Å². The Hall–Kier alpha value is 0.220. The lowest BCUT2D eigenvalue weighted by atomic mass is 10.0. The number of rotatable bonds is 4. The third-order valence-corrected chi connectivity index (χ3v) is 7.64. The molecule has 112 valence electrons. The van der Waals surface area contributed by atoms with Crippen molar-refractivity contribution in [1.29, 1.82) is 0 Å². The predicted molar refractivity (Wildman–Crippen MR) is 82.1 cm³/mol. The van der Waals surface area contributed by atoms with Crippen LogP contribution < -0.4 is 5.32 Å². The van der Waals surface area contributed by atoms with Gasteiger partial charge in [-0.25, -0.2) is 8.42 Å². The van der Waals surface area contributed by atoms with Crippen molar-refractivity contribution in [3.63, 3.8) is 0 Å². The van der Waals surface area contributed by atoms with Crippen molar-refractivity contribution in [3.8, 4) is 0 Å². The Balaban J connectivity index is 1.89. The third-order valence-electron chi connectivity index (χ3n) is 4.32. The van der Waals surface area contributed by atoms with Crippen LogP contribution in [-0.4, -0.2) is 54.7 Å². The first-order chi connectivity index (χ1) is 9.00. The van der Waals surface area contributed by atoms with E-state index in [2.05, 4.69) is 12.2 Å². The Labute approximate surface area is 121 Å². The van der Waals surface area contributed by atoms with Gasteiger partial charge in [0.05, 0.1) is 5.75 Å². The average molecular weight is 306 g/mol. The van der Waals surface area contributed by atoms with Crippen LogP contribution in [-0.2, 0) is 10.0 Å². The SMILES string of the molecule is CC1SCCN(S(=O)(=O)CCC2CCCCN2)C1C. The van der Waals surface area contributed by atoms with Crippen LogP contribution in [0.1, 0.15) is 39.5 Å². The molecule has 0 amide bonds. The minimum absolute atomic E-state index is 0.128. The highest BCUT2D eigenvalue weighted by Gasteiger charge is 2.33. The molecule has 0 aromatic carbocycles. The molecule has 2 fully saturated rings. The highest BCUT2D eigenvalue weighted by atomic mass is 32.2. The van der Waals surface area contributed by atoms with E-state index in [1.807, 2.05) is 18.7 Å². The highest BCUT2D eigenvalue weighted by Crippen LogP contribution is 2.27. The molecule has 0 radical (unpaired) electrons. The molecule has 0 spiro atoms. The van der Waals surface area contributed by atoms with Crippen LogP contribution in [0.15, 0.2) is 0 Å². The molecule has 4 nitrogen and oxygen atoms in total. The quantitative estimate of drug-likeness (QED) is 0.858. The van der Waals surface area contributed by atoms with Crippen molar-refractivity contribution in [3.05, 3.63) is 0 Å². The van der Waals surface area contributed by atoms with E-state index in [9.17, 15) is 8.42 Å². The molecule has 19 heavy (non-hydrogen) atoms. The van der Waals surface area contributed by atoms with E-state index in [0.717, 1.165) is 25.1 Å². The summed E-state index contributed by atoms with van der Waals surface area (Å²) in [6, 6.07) is 0.526. The highest BCUT2D eigenvalue weighted by molar-refractivity contribution is 8.00. The van der Waals surface area contributed by atoms with Gasteiger partial charge in [-0.3, -0.25) is 0 Å². The van der Waals surface area contributed by atoms with Gasteiger partial charge >= 0.3 is 0 Å². The van der Waals surface area contributed by atoms with Crippen molar-refractivity contribution in [1.82, 2.24) is 9.62 Å². The number of nitrogens with one attached hydrogen (secondary N) is 1. The molecule has 3 unspecified atom stereocenters. The maximum Gasteiger partial charge on any atom is 0.214 e. The van der Waals surface area contributed by atoms with Crippen molar-refractivity contribution < 1.29 is 8.42 Å². The normalized spacial score (nSPS) is 34.3. The van der Waals surface area contributed by atoms with Crippen molar-refractivity contribution in [2.75, 3.05) is 24.6 Å². The average Bonchev–Trinajstić information content (AvgIpc) is 2.41. The number of sulfonamides is 1. The fraction of sp³-hybridized carbons (Fsp3) is 1.00. The first kappa shape index (κ1) is 15.6. The largest absolute Gasteiger partial charge is 0.314 e. The smallest absolute Gasteiger partial charge is 0.214 e. The maximum absolute atomic E-state index is 12.5. The summed E-state index contributed by atoms with van der Waals surface area (Å²) in [5.41, 5.74) is 0. The number of hydrogen-bond donors (Lipinski definition) is 1. The Morgan fingerprint density at radius 1 is 1.32 bits per heavy atom. The lowest BCUT2D eigenvalue weighted by Crippen LogP contribution is -2.49. The summed E-state index contributed by atoms with van der Waals surface area (Å²) in [7, 11) is -3.08. The van der Waals surface area contributed by atoms with Crippen LogP contribution >= 0.6 is 11.8 Å². The van der Waals surface area contributed by atoms with Gasteiger partial charge in [0.2, 0.25) is 10.0 Å². The standard InChI is InChI=1S/C13H26N2O2S2/c1-11-12(2)18-9-8-15(11)19(16,17)10-6-13-5-3-4-7-14-13/h11-14H,3-10H2,1-2H3. The van der Waals surface area contributed by atoms with Crippen LogP contribution in [0.25, 0.3) is 0 Å². The maximum atomic E-state index is 12.5. The van der Waals surface area contributed by atoms with E-state index < -0.39 is 10.0 Å². The topological polar surface area (TPSA) is 49.4 Å². The number of thioether (sulfide) groups is 1. The summed E-state index contributed by atoms with van der Waals surface area (Å²) in [5.74, 6) is 1.22. The predicted octanol–water partition coefficient (Wildman–Crippen LogP) is 1.67. The zero-order valence-electron chi connectivity index (χ0n) is 12.0. The molecule has 2 saturated heterocycles. The monoisotopic (exact) mass is 306 g/mol. The van der Waals surface area contributed by atoms with Gasteiger partial charge in [0, 0.05) is 29.6 Å². The molecule has 0 aromatic heterocycles. The number of hydrogen-bond acceptors (Lipinski definition) is 4. The first-order valence-corrected chi connectivity index (χ1v) is 10.0. The number of piperidine rings is 1. The van der Waals surface area contributed by atoms with E-state index in [0.29, 0.717) is 23.6 Å². The van der Waals surface area contributed by atoms with E-state index in [1.54, 1.807) is 4.31 Å². The second-order valence-corrected chi connectivity index (χ2v) is 9.20. The molecule has 6 heteroatoms.